The average Bonchev–Trinajstić information content (AvgIpc) is 2.92. The normalized spacial score (nSPS) is 10.8. The summed E-state index contributed by atoms with van der Waals surface area (Å²) in [6.07, 6.45) is 0. The smallest absolute Gasteiger partial charge is 0.161 e. The average molecular weight is 289 g/mol. The van der Waals surface area contributed by atoms with Gasteiger partial charge in [0.15, 0.2) is 11.5 Å². The SMILES string of the molecule is COc1ccc(-c2nc3c(F)cccc3s2)cc1OC. The Balaban J connectivity index is 2.13. The number of benzene rings is 2. The van der Waals surface area contributed by atoms with Gasteiger partial charge >= 0.3 is 0 Å². The highest BCUT2D eigenvalue weighted by Gasteiger charge is 2.12. The van der Waals surface area contributed by atoms with Crippen LogP contribution in [0.5, 0.6) is 11.5 Å². The van der Waals surface area contributed by atoms with Crippen LogP contribution in [-0.2, 0) is 0 Å². The number of para-hydroxylation sites is 1. The summed E-state index contributed by atoms with van der Waals surface area (Å²) < 4.78 is 25.0. The van der Waals surface area contributed by atoms with Crippen LogP contribution in [0, 0.1) is 5.82 Å². The minimum atomic E-state index is -0.300. The fraction of sp³-hybridized carbons (Fsp3) is 0.133. The van der Waals surface area contributed by atoms with Gasteiger partial charge < -0.3 is 9.47 Å². The summed E-state index contributed by atoms with van der Waals surface area (Å²) in [5.74, 6) is 0.985. The summed E-state index contributed by atoms with van der Waals surface area (Å²) in [4.78, 5) is 4.36. The van der Waals surface area contributed by atoms with Crippen molar-refractivity contribution in [2.24, 2.45) is 0 Å². The number of rotatable bonds is 3. The molecule has 0 N–H and O–H groups in total. The second-order valence-electron chi connectivity index (χ2n) is 4.18. The third kappa shape index (κ3) is 2.10. The molecule has 0 fully saturated rings. The van der Waals surface area contributed by atoms with E-state index in [-0.39, 0.29) is 5.82 Å². The number of hydrogen-bond donors (Lipinski definition) is 0. The van der Waals surface area contributed by atoms with Gasteiger partial charge in [0.25, 0.3) is 0 Å². The standard InChI is InChI=1S/C15H12FNO2S/c1-18-11-7-6-9(8-12(11)19-2)15-17-14-10(16)4-3-5-13(14)20-15/h3-8H,1-2H3. The molecule has 1 heterocycles. The van der Waals surface area contributed by atoms with E-state index in [4.69, 9.17) is 9.47 Å². The highest BCUT2D eigenvalue weighted by atomic mass is 32.1. The van der Waals surface area contributed by atoms with Gasteiger partial charge in [-0.1, -0.05) is 6.07 Å². The van der Waals surface area contributed by atoms with Gasteiger partial charge in [-0.2, -0.15) is 0 Å². The molecule has 20 heavy (non-hydrogen) atoms. The second-order valence-corrected chi connectivity index (χ2v) is 5.21. The maximum absolute atomic E-state index is 13.7. The number of halogens is 1. The van der Waals surface area contributed by atoms with Crippen LogP contribution in [-0.4, -0.2) is 19.2 Å². The van der Waals surface area contributed by atoms with E-state index in [0.717, 1.165) is 15.3 Å². The van der Waals surface area contributed by atoms with E-state index in [1.807, 2.05) is 24.3 Å². The van der Waals surface area contributed by atoms with Gasteiger partial charge in [0.05, 0.1) is 18.9 Å². The maximum Gasteiger partial charge on any atom is 0.161 e. The molecule has 0 spiro atoms. The predicted octanol–water partition coefficient (Wildman–Crippen LogP) is 4.12. The van der Waals surface area contributed by atoms with Crippen LogP contribution in [0.15, 0.2) is 36.4 Å². The molecule has 5 heteroatoms. The minimum Gasteiger partial charge on any atom is -0.493 e. The molecule has 3 nitrogen and oxygen atoms in total. The van der Waals surface area contributed by atoms with Crippen molar-refractivity contribution in [3.8, 4) is 22.1 Å². The fourth-order valence-electron chi connectivity index (χ4n) is 2.01. The monoisotopic (exact) mass is 289 g/mol. The van der Waals surface area contributed by atoms with E-state index in [1.165, 1.54) is 17.4 Å². The van der Waals surface area contributed by atoms with Crippen LogP contribution in [0.2, 0.25) is 0 Å². The number of thiazole rings is 1. The molecule has 0 radical (unpaired) electrons. The van der Waals surface area contributed by atoms with E-state index in [2.05, 4.69) is 4.98 Å². The zero-order valence-corrected chi connectivity index (χ0v) is 11.8. The van der Waals surface area contributed by atoms with Crippen LogP contribution in [0.4, 0.5) is 4.39 Å². The Morgan fingerprint density at radius 1 is 1.05 bits per heavy atom. The van der Waals surface area contributed by atoms with Gasteiger partial charge in [-0.05, 0) is 30.3 Å². The zero-order valence-electron chi connectivity index (χ0n) is 11.0. The number of ether oxygens (including phenoxy) is 2. The molecule has 0 saturated heterocycles. The number of fused-ring (bicyclic) bond motifs is 1. The topological polar surface area (TPSA) is 31.4 Å². The first-order valence-corrected chi connectivity index (χ1v) is 6.82. The number of aromatic nitrogens is 1. The Bertz CT molecular complexity index is 770. The molecule has 0 unspecified atom stereocenters. The van der Waals surface area contributed by atoms with Crippen molar-refractivity contribution in [2.75, 3.05) is 14.2 Å². The molecule has 0 atom stereocenters. The van der Waals surface area contributed by atoms with Crippen LogP contribution >= 0.6 is 11.3 Å². The van der Waals surface area contributed by atoms with Gasteiger partial charge in [-0.3, -0.25) is 0 Å². The third-order valence-electron chi connectivity index (χ3n) is 3.00. The molecule has 3 rings (SSSR count). The molecule has 0 amide bonds. The van der Waals surface area contributed by atoms with Crippen molar-refractivity contribution in [2.45, 2.75) is 0 Å². The van der Waals surface area contributed by atoms with Gasteiger partial charge in [0.2, 0.25) is 0 Å². The summed E-state index contributed by atoms with van der Waals surface area (Å²) in [6.45, 7) is 0. The predicted molar refractivity (Wildman–Crippen MR) is 78.1 cm³/mol. The Hall–Kier alpha value is -2.14. The lowest BCUT2D eigenvalue weighted by molar-refractivity contribution is 0.355. The van der Waals surface area contributed by atoms with Crippen molar-refractivity contribution in [3.05, 3.63) is 42.2 Å². The van der Waals surface area contributed by atoms with Crippen molar-refractivity contribution in [3.63, 3.8) is 0 Å². The summed E-state index contributed by atoms with van der Waals surface area (Å²) in [5, 5.41) is 0.756. The summed E-state index contributed by atoms with van der Waals surface area (Å²) >= 11 is 1.45. The third-order valence-corrected chi connectivity index (χ3v) is 4.07. The molecule has 0 aliphatic rings. The molecule has 0 saturated carbocycles. The van der Waals surface area contributed by atoms with Crippen LogP contribution in [0.1, 0.15) is 0 Å². The zero-order chi connectivity index (χ0) is 14.1. The molecule has 2 aromatic carbocycles. The molecular formula is C15H12FNO2S. The quantitative estimate of drug-likeness (QED) is 0.727. The van der Waals surface area contributed by atoms with E-state index >= 15 is 0 Å². The van der Waals surface area contributed by atoms with Crippen LogP contribution in [0.25, 0.3) is 20.8 Å². The Labute approximate surface area is 119 Å². The lowest BCUT2D eigenvalue weighted by Crippen LogP contribution is -1.90. The van der Waals surface area contributed by atoms with Gasteiger partial charge in [0.1, 0.15) is 16.3 Å². The molecule has 0 aliphatic heterocycles. The lowest BCUT2D eigenvalue weighted by atomic mass is 10.2. The highest BCUT2D eigenvalue weighted by molar-refractivity contribution is 7.21. The first kappa shape index (κ1) is 12.9. The largest absolute Gasteiger partial charge is 0.493 e. The molecule has 1 aromatic heterocycles. The Morgan fingerprint density at radius 2 is 1.85 bits per heavy atom. The molecular weight excluding hydrogens is 277 g/mol. The van der Waals surface area contributed by atoms with Gasteiger partial charge in [-0.15, -0.1) is 11.3 Å². The van der Waals surface area contributed by atoms with E-state index in [0.29, 0.717) is 17.0 Å². The van der Waals surface area contributed by atoms with Crippen molar-refractivity contribution in [1.82, 2.24) is 4.98 Å². The second kappa shape index (κ2) is 5.09. The Morgan fingerprint density at radius 3 is 2.55 bits per heavy atom. The molecule has 3 aromatic rings. The van der Waals surface area contributed by atoms with Crippen LogP contribution in [0.3, 0.4) is 0 Å². The summed E-state index contributed by atoms with van der Waals surface area (Å²) in [5.41, 5.74) is 1.28. The summed E-state index contributed by atoms with van der Waals surface area (Å²) in [6, 6.07) is 10.5. The number of hydrogen-bond acceptors (Lipinski definition) is 4. The first-order chi connectivity index (χ1) is 9.72. The highest BCUT2D eigenvalue weighted by Crippen LogP contribution is 2.36. The van der Waals surface area contributed by atoms with Gasteiger partial charge in [0, 0.05) is 5.56 Å². The lowest BCUT2D eigenvalue weighted by Gasteiger charge is -2.08. The maximum atomic E-state index is 13.7. The van der Waals surface area contributed by atoms with E-state index < -0.39 is 0 Å². The molecule has 102 valence electrons. The molecule has 0 bridgehead atoms. The Kier molecular flexibility index (Phi) is 3.28. The van der Waals surface area contributed by atoms with E-state index in [9.17, 15) is 4.39 Å². The van der Waals surface area contributed by atoms with Crippen molar-refractivity contribution < 1.29 is 13.9 Å². The molecule has 0 aliphatic carbocycles. The minimum absolute atomic E-state index is 0.300. The first-order valence-electron chi connectivity index (χ1n) is 6.00. The fourth-order valence-corrected chi connectivity index (χ4v) is 2.98. The van der Waals surface area contributed by atoms with Crippen molar-refractivity contribution in [1.29, 1.82) is 0 Å². The number of methoxy groups -OCH3 is 2. The van der Waals surface area contributed by atoms with Crippen LogP contribution < -0.4 is 9.47 Å². The van der Waals surface area contributed by atoms with Gasteiger partial charge in [-0.25, -0.2) is 9.37 Å². The van der Waals surface area contributed by atoms with E-state index in [1.54, 1.807) is 20.3 Å². The summed E-state index contributed by atoms with van der Waals surface area (Å²) in [7, 11) is 3.17. The van der Waals surface area contributed by atoms with Crippen molar-refractivity contribution >= 4 is 21.6 Å². The number of nitrogens with zero attached hydrogens (tertiary/aromatic N) is 1.